The first kappa shape index (κ1) is 24.9. The van der Waals surface area contributed by atoms with Gasteiger partial charge in [0.05, 0.1) is 23.0 Å². The maximum absolute atomic E-state index is 12.7. The van der Waals surface area contributed by atoms with E-state index in [-0.39, 0.29) is 11.7 Å². The Kier molecular flexibility index (Phi) is 7.74. The largest absolute Gasteiger partial charge is 0.508 e. The topological polar surface area (TPSA) is 137 Å². The Hall–Kier alpha value is -4.77. The third kappa shape index (κ3) is 6.85. The van der Waals surface area contributed by atoms with Gasteiger partial charge in [0.2, 0.25) is 5.91 Å². The summed E-state index contributed by atoms with van der Waals surface area (Å²) in [5, 5.41) is 24.0. The number of phenolic OH excluding ortho intramolecular Hbond substituents is 1. The number of hydrogen-bond donors (Lipinski definition) is 4. The van der Waals surface area contributed by atoms with Crippen molar-refractivity contribution in [1.29, 1.82) is 5.26 Å². The Morgan fingerprint density at radius 2 is 1.69 bits per heavy atom. The van der Waals surface area contributed by atoms with Crippen LogP contribution >= 0.6 is 0 Å². The van der Waals surface area contributed by atoms with Gasteiger partial charge in [0.15, 0.2) is 0 Å². The minimum absolute atomic E-state index is 0.0720. The number of carbonyl (C=O) groups excluding carboxylic acids is 2. The fraction of sp³-hybridized carbons (Fsp3) is 0.148. The molecule has 2 amide bonds. The molecule has 0 aliphatic heterocycles. The van der Waals surface area contributed by atoms with Gasteiger partial charge in [-0.3, -0.25) is 10.1 Å². The van der Waals surface area contributed by atoms with Crippen molar-refractivity contribution in [3.05, 3.63) is 96.1 Å². The van der Waals surface area contributed by atoms with Gasteiger partial charge in [-0.25, -0.2) is 4.79 Å². The minimum atomic E-state index is -0.821. The molecule has 178 valence electrons. The van der Waals surface area contributed by atoms with Crippen LogP contribution in [0.2, 0.25) is 0 Å². The van der Waals surface area contributed by atoms with E-state index in [0.717, 1.165) is 0 Å². The molecule has 0 aliphatic carbocycles. The van der Waals surface area contributed by atoms with Crippen LogP contribution in [0.4, 0.5) is 21.9 Å². The quantitative estimate of drug-likeness (QED) is 0.271. The molecule has 8 heteroatoms. The van der Waals surface area contributed by atoms with Crippen LogP contribution in [0.25, 0.3) is 0 Å². The van der Waals surface area contributed by atoms with Gasteiger partial charge in [0.25, 0.3) is 0 Å². The van der Waals surface area contributed by atoms with E-state index in [1.807, 2.05) is 19.9 Å². The summed E-state index contributed by atoms with van der Waals surface area (Å²) in [5.74, 6) is -0.315. The van der Waals surface area contributed by atoms with E-state index in [1.165, 1.54) is 18.2 Å². The van der Waals surface area contributed by atoms with Gasteiger partial charge in [-0.15, -0.1) is 0 Å². The molecule has 5 N–H and O–H groups in total. The predicted octanol–water partition coefficient (Wildman–Crippen LogP) is 5.36. The van der Waals surface area contributed by atoms with Gasteiger partial charge in [0.1, 0.15) is 11.9 Å². The number of nitrogen functional groups attached to an aromatic ring is 1. The van der Waals surface area contributed by atoms with Gasteiger partial charge in [-0.1, -0.05) is 44.2 Å². The zero-order valence-electron chi connectivity index (χ0n) is 19.4. The highest BCUT2D eigenvalue weighted by molar-refractivity contribution is 6.01. The summed E-state index contributed by atoms with van der Waals surface area (Å²) in [4.78, 5) is 25.2. The highest BCUT2D eigenvalue weighted by atomic mass is 16.6. The van der Waals surface area contributed by atoms with Gasteiger partial charge >= 0.3 is 6.09 Å². The number of para-hydroxylation sites is 2. The molecule has 3 rings (SSSR count). The molecule has 0 spiro atoms. The number of phenols is 1. The standard InChI is InChI=1S/C27H26N4O4/c1-27(2,16-15-24(33)31-23-6-4-3-5-22(23)29)25(19-9-13-21(32)14-10-19)35-26(34)30-20-11-7-18(17-28)8-12-20/h3-16,25,32H,29H2,1-2H3,(H,30,34)(H,31,33)/b16-15+/t25-/m0/s1. The molecule has 35 heavy (non-hydrogen) atoms. The lowest BCUT2D eigenvalue weighted by Gasteiger charge is -2.31. The summed E-state index contributed by atoms with van der Waals surface area (Å²) in [6, 6.07) is 21.6. The number of rotatable bonds is 7. The second kappa shape index (κ2) is 10.9. The summed E-state index contributed by atoms with van der Waals surface area (Å²) < 4.78 is 5.77. The van der Waals surface area contributed by atoms with Crippen LogP contribution in [0.1, 0.15) is 31.1 Å². The van der Waals surface area contributed by atoms with Crippen molar-refractivity contribution in [3.8, 4) is 11.8 Å². The van der Waals surface area contributed by atoms with E-state index in [4.69, 9.17) is 15.7 Å². The van der Waals surface area contributed by atoms with Crippen molar-refractivity contribution in [2.45, 2.75) is 20.0 Å². The number of aromatic hydroxyl groups is 1. The van der Waals surface area contributed by atoms with E-state index < -0.39 is 17.6 Å². The van der Waals surface area contributed by atoms with Crippen molar-refractivity contribution in [1.82, 2.24) is 0 Å². The van der Waals surface area contributed by atoms with Gasteiger partial charge < -0.3 is 20.9 Å². The van der Waals surface area contributed by atoms with Gasteiger partial charge in [0, 0.05) is 11.1 Å². The van der Waals surface area contributed by atoms with Crippen LogP contribution < -0.4 is 16.4 Å². The van der Waals surface area contributed by atoms with Crippen LogP contribution in [-0.2, 0) is 9.53 Å². The first-order chi connectivity index (χ1) is 16.7. The van der Waals surface area contributed by atoms with Crippen LogP contribution in [0.15, 0.2) is 84.9 Å². The number of nitrogens with zero attached hydrogens (tertiary/aromatic N) is 1. The number of nitrogens with one attached hydrogen (secondary N) is 2. The van der Waals surface area contributed by atoms with E-state index in [0.29, 0.717) is 28.2 Å². The summed E-state index contributed by atoms with van der Waals surface area (Å²) in [6.07, 6.45) is 1.50. The molecule has 0 aliphatic rings. The highest BCUT2D eigenvalue weighted by Gasteiger charge is 2.32. The molecule has 0 unspecified atom stereocenters. The second-order valence-electron chi connectivity index (χ2n) is 8.42. The summed E-state index contributed by atoms with van der Waals surface area (Å²) in [5.41, 5.74) is 7.55. The SMILES string of the molecule is CC(C)(/C=C/C(=O)Nc1ccccc1N)[C@@H](OC(=O)Nc1ccc(C#N)cc1)c1ccc(O)cc1. The normalized spacial score (nSPS) is 11.9. The summed E-state index contributed by atoms with van der Waals surface area (Å²) in [6.45, 7) is 3.64. The molecule has 8 nitrogen and oxygen atoms in total. The lowest BCUT2D eigenvalue weighted by molar-refractivity contribution is -0.112. The first-order valence-corrected chi connectivity index (χ1v) is 10.8. The molecular weight excluding hydrogens is 444 g/mol. The maximum Gasteiger partial charge on any atom is 0.412 e. The van der Waals surface area contributed by atoms with E-state index in [2.05, 4.69) is 10.6 Å². The molecular formula is C27H26N4O4. The third-order valence-electron chi connectivity index (χ3n) is 5.24. The van der Waals surface area contributed by atoms with E-state index >= 15 is 0 Å². The third-order valence-corrected chi connectivity index (χ3v) is 5.24. The van der Waals surface area contributed by atoms with Crippen LogP contribution in [-0.4, -0.2) is 17.1 Å². The number of amides is 2. The molecule has 0 aromatic heterocycles. The van der Waals surface area contributed by atoms with Crippen LogP contribution in [0.3, 0.4) is 0 Å². The molecule has 3 aromatic rings. The fourth-order valence-corrected chi connectivity index (χ4v) is 3.34. The van der Waals surface area contributed by atoms with Crippen molar-refractivity contribution < 1.29 is 19.4 Å². The molecule has 0 radical (unpaired) electrons. The van der Waals surface area contributed by atoms with Crippen molar-refractivity contribution in [2.75, 3.05) is 16.4 Å². The Labute approximate surface area is 203 Å². The van der Waals surface area contributed by atoms with Crippen LogP contribution in [0.5, 0.6) is 5.75 Å². The minimum Gasteiger partial charge on any atom is -0.508 e. The molecule has 0 bridgehead atoms. The Bertz CT molecular complexity index is 1260. The van der Waals surface area contributed by atoms with E-state index in [1.54, 1.807) is 66.7 Å². The average molecular weight is 471 g/mol. The number of hydrogen-bond acceptors (Lipinski definition) is 6. The monoisotopic (exact) mass is 470 g/mol. The maximum atomic E-state index is 12.7. The Morgan fingerprint density at radius 1 is 1.03 bits per heavy atom. The molecule has 0 saturated heterocycles. The van der Waals surface area contributed by atoms with Crippen LogP contribution in [0, 0.1) is 16.7 Å². The number of ether oxygens (including phenoxy) is 1. The van der Waals surface area contributed by atoms with Crippen molar-refractivity contribution in [2.24, 2.45) is 5.41 Å². The zero-order chi connectivity index (χ0) is 25.4. The lowest BCUT2D eigenvalue weighted by atomic mass is 9.82. The molecule has 3 aromatic carbocycles. The summed E-state index contributed by atoms with van der Waals surface area (Å²) in [7, 11) is 0. The van der Waals surface area contributed by atoms with Gasteiger partial charge in [-0.2, -0.15) is 5.26 Å². The average Bonchev–Trinajstić information content (AvgIpc) is 2.84. The molecule has 0 heterocycles. The number of nitrogens with two attached hydrogens (primary N) is 1. The highest BCUT2D eigenvalue weighted by Crippen LogP contribution is 2.39. The smallest absolute Gasteiger partial charge is 0.412 e. The lowest BCUT2D eigenvalue weighted by Crippen LogP contribution is -2.28. The Balaban J connectivity index is 1.79. The number of benzene rings is 3. The number of carbonyl (C=O) groups is 2. The molecule has 1 atom stereocenters. The number of nitriles is 1. The Morgan fingerprint density at radius 3 is 2.31 bits per heavy atom. The number of anilines is 3. The van der Waals surface area contributed by atoms with Crippen molar-refractivity contribution in [3.63, 3.8) is 0 Å². The fourth-order valence-electron chi connectivity index (χ4n) is 3.34. The second-order valence-corrected chi connectivity index (χ2v) is 8.42. The summed E-state index contributed by atoms with van der Waals surface area (Å²) >= 11 is 0. The van der Waals surface area contributed by atoms with Crippen molar-refractivity contribution >= 4 is 29.1 Å². The predicted molar refractivity (Wildman–Crippen MR) is 135 cm³/mol. The zero-order valence-corrected chi connectivity index (χ0v) is 19.4. The molecule has 0 fully saturated rings. The molecule has 0 saturated carbocycles. The first-order valence-electron chi connectivity index (χ1n) is 10.8. The van der Waals surface area contributed by atoms with E-state index in [9.17, 15) is 14.7 Å². The van der Waals surface area contributed by atoms with Gasteiger partial charge in [-0.05, 0) is 60.2 Å².